The fourth-order valence-electron chi connectivity index (χ4n) is 3.51. The standard InChI is InChI=1S/C26H24Cl2N4OS/c1-16-8-10-19(11-9-16)25(33)29-18(3)24-30-31-26(34-15-20-7-5-4-6-17(20)2)32(24)23-13-12-21(27)14-22(23)28/h4-14,18H,15H2,1-3H3,(H,29,33). The molecule has 174 valence electrons. The van der Waals surface area contributed by atoms with Gasteiger partial charge in [-0.3, -0.25) is 9.36 Å². The van der Waals surface area contributed by atoms with E-state index in [1.807, 2.05) is 60.9 Å². The smallest absolute Gasteiger partial charge is 0.251 e. The Balaban J connectivity index is 1.66. The second-order valence-electron chi connectivity index (χ2n) is 8.05. The Morgan fingerprint density at radius 1 is 1.03 bits per heavy atom. The van der Waals surface area contributed by atoms with Gasteiger partial charge in [-0.05, 0) is 62.2 Å². The number of carbonyl (C=O) groups is 1. The third-order valence-corrected chi connectivity index (χ3v) is 6.99. The molecule has 0 aliphatic carbocycles. The van der Waals surface area contributed by atoms with E-state index in [-0.39, 0.29) is 5.91 Å². The molecule has 0 bridgehead atoms. The van der Waals surface area contributed by atoms with E-state index < -0.39 is 6.04 Å². The monoisotopic (exact) mass is 510 g/mol. The van der Waals surface area contributed by atoms with Crippen LogP contribution < -0.4 is 5.32 Å². The lowest BCUT2D eigenvalue weighted by atomic mass is 10.1. The Labute approximate surface area is 213 Å². The van der Waals surface area contributed by atoms with Gasteiger partial charge in [0.1, 0.15) is 0 Å². The topological polar surface area (TPSA) is 59.8 Å². The Morgan fingerprint density at radius 3 is 2.47 bits per heavy atom. The van der Waals surface area contributed by atoms with Gasteiger partial charge in [-0.1, -0.05) is 76.9 Å². The van der Waals surface area contributed by atoms with Crippen LogP contribution in [0, 0.1) is 13.8 Å². The largest absolute Gasteiger partial charge is 0.342 e. The minimum Gasteiger partial charge on any atom is -0.342 e. The molecule has 1 heterocycles. The Hall–Kier alpha value is -2.80. The molecule has 8 heteroatoms. The minimum absolute atomic E-state index is 0.182. The highest BCUT2D eigenvalue weighted by molar-refractivity contribution is 7.98. The summed E-state index contributed by atoms with van der Waals surface area (Å²) in [5.41, 5.74) is 4.81. The number of aryl methyl sites for hydroxylation is 2. The first-order valence-corrected chi connectivity index (χ1v) is 12.5. The molecular weight excluding hydrogens is 487 g/mol. The van der Waals surface area contributed by atoms with Crippen molar-refractivity contribution in [1.82, 2.24) is 20.1 Å². The maximum Gasteiger partial charge on any atom is 0.251 e. The Bertz CT molecular complexity index is 1320. The van der Waals surface area contributed by atoms with Crippen molar-refractivity contribution in [3.05, 3.63) is 105 Å². The van der Waals surface area contributed by atoms with Crippen molar-refractivity contribution < 1.29 is 4.79 Å². The summed E-state index contributed by atoms with van der Waals surface area (Å²) in [5.74, 6) is 1.12. The highest BCUT2D eigenvalue weighted by atomic mass is 35.5. The summed E-state index contributed by atoms with van der Waals surface area (Å²) in [5, 5.41) is 13.6. The van der Waals surface area contributed by atoms with Gasteiger partial charge < -0.3 is 5.32 Å². The molecule has 0 spiro atoms. The van der Waals surface area contributed by atoms with Crippen LogP contribution in [0.5, 0.6) is 0 Å². The van der Waals surface area contributed by atoms with Gasteiger partial charge in [0, 0.05) is 16.3 Å². The van der Waals surface area contributed by atoms with Crippen molar-refractivity contribution in [1.29, 1.82) is 0 Å². The number of nitrogens with zero attached hydrogens (tertiary/aromatic N) is 3. The summed E-state index contributed by atoms with van der Waals surface area (Å²) < 4.78 is 1.89. The van der Waals surface area contributed by atoms with E-state index in [0.29, 0.717) is 32.3 Å². The zero-order valence-electron chi connectivity index (χ0n) is 19.0. The molecule has 1 amide bonds. The minimum atomic E-state index is -0.416. The van der Waals surface area contributed by atoms with Gasteiger partial charge in [0.05, 0.1) is 16.8 Å². The number of aromatic nitrogens is 3. The van der Waals surface area contributed by atoms with E-state index in [0.717, 1.165) is 11.3 Å². The fraction of sp³-hybridized carbons (Fsp3) is 0.192. The molecule has 34 heavy (non-hydrogen) atoms. The second kappa shape index (κ2) is 10.6. The van der Waals surface area contributed by atoms with Crippen LogP contribution in [0.1, 0.15) is 45.8 Å². The first-order valence-electron chi connectivity index (χ1n) is 10.8. The second-order valence-corrected chi connectivity index (χ2v) is 9.83. The summed E-state index contributed by atoms with van der Waals surface area (Å²) in [6, 6.07) is 20.6. The number of hydrogen-bond acceptors (Lipinski definition) is 4. The van der Waals surface area contributed by atoms with E-state index in [9.17, 15) is 4.79 Å². The van der Waals surface area contributed by atoms with Crippen LogP contribution >= 0.6 is 35.0 Å². The van der Waals surface area contributed by atoms with Crippen LogP contribution in [-0.4, -0.2) is 20.7 Å². The number of thioether (sulfide) groups is 1. The van der Waals surface area contributed by atoms with Crippen LogP contribution in [0.15, 0.2) is 71.9 Å². The van der Waals surface area contributed by atoms with Crippen LogP contribution in [0.2, 0.25) is 10.0 Å². The van der Waals surface area contributed by atoms with E-state index in [1.54, 1.807) is 23.9 Å². The molecule has 5 nitrogen and oxygen atoms in total. The van der Waals surface area contributed by atoms with Crippen LogP contribution in [-0.2, 0) is 5.75 Å². The summed E-state index contributed by atoms with van der Waals surface area (Å²) >= 11 is 14.3. The average Bonchev–Trinajstić information content (AvgIpc) is 3.22. The van der Waals surface area contributed by atoms with Gasteiger partial charge >= 0.3 is 0 Å². The molecule has 0 saturated carbocycles. The van der Waals surface area contributed by atoms with Gasteiger partial charge in [0.15, 0.2) is 11.0 Å². The lowest BCUT2D eigenvalue weighted by Crippen LogP contribution is -2.28. The molecular formula is C26H24Cl2N4OS. The molecule has 1 atom stereocenters. The van der Waals surface area contributed by atoms with E-state index >= 15 is 0 Å². The molecule has 0 fully saturated rings. The van der Waals surface area contributed by atoms with E-state index in [4.69, 9.17) is 23.2 Å². The van der Waals surface area contributed by atoms with Crippen LogP contribution in [0.25, 0.3) is 5.69 Å². The van der Waals surface area contributed by atoms with Crippen LogP contribution in [0.4, 0.5) is 0 Å². The van der Waals surface area contributed by atoms with Gasteiger partial charge in [-0.15, -0.1) is 10.2 Å². The molecule has 0 aliphatic heterocycles. The molecule has 1 N–H and O–H groups in total. The Morgan fingerprint density at radius 2 is 1.76 bits per heavy atom. The predicted molar refractivity (Wildman–Crippen MR) is 139 cm³/mol. The lowest BCUT2D eigenvalue weighted by molar-refractivity contribution is 0.0938. The fourth-order valence-corrected chi connectivity index (χ4v) is 5.03. The first-order chi connectivity index (χ1) is 16.3. The number of rotatable bonds is 7. The van der Waals surface area contributed by atoms with Gasteiger partial charge in [-0.2, -0.15) is 0 Å². The van der Waals surface area contributed by atoms with Crippen molar-refractivity contribution >= 4 is 40.9 Å². The zero-order chi connectivity index (χ0) is 24.2. The number of carbonyl (C=O) groups excluding carboxylic acids is 1. The number of halogens is 2. The normalized spacial score (nSPS) is 11.9. The molecule has 4 aromatic rings. The highest BCUT2D eigenvalue weighted by Crippen LogP contribution is 2.32. The highest BCUT2D eigenvalue weighted by Gasteiger charge is 2.23. The van der Waals surface area contributed by atoms with Gasteiger partial charge in [0.2, 0.25) is 0 Å². The van der Waals surface area contributed by atoms with Crippen molar-refractivity contribution in [2.75, 3.05) is 0 Å². The third kappa shape index (κ3) is 5.46. The Kier molecular flexibility index (Phi) is 7.61. The molecule has 1 unspecified atom stereocenters. The lowest BCUT2D eigenvalue weighted by Gasteiger charge is -2.17. The zero-order valence-corrected chi connectivity index (χ0v) is 21.4. The van der Waals surface area contributed by atoms with Crippen molar-refractivity contribution in [2.45, 2.75) is 37.7 Å². The van der Waals surface area contributed by atoms with E-state index in [1.165, 1.54) is 11.1 Å². The summed E-state index contributed by atoms with van der Waals surface area (Å²) in [7, 11) is 0. The third-order valence-electron chi connectivity index (χ3n) is 5.48. The number of nitrogens with one attached hydrogen (secondary N) is 1. The van der Waals surface area contributed by atoms with Gasteiger partial charge in [-0.25, -0.2) is 0 Å². The molecule has 4 rings (SSSR count). The van der Waals surface area contributed by atoms with Crippen molar-refractivity contribution in [3.8, 4) is 5.69 Å². The first kappa shape index (κ1) is 24.3. The maximum atomic E-state index is 12.8. The molecule has 1 aromatic heterocycles. The molecule has 3 aromatic carbocycles. The molecule has 0 saturated heterocycles. The van der Waals surface area contributed by atoms with Crippen molar-refractivity contribution in [3.63, 3.8) is 0 Å². The number of hydrogen-bond donors (Lipinski definition) is 1. The summed E-state index contributed by atoms with van der Waals surface area (Å²) in [6.45, 7) is 5.95. The van der Waals surface area contributed by atoms with Crippen molar-refractivity contribution in [2.24, 2.45) is 0 Å². The van der Waals surface area contributed by atoms with E-state index in [2.05, 4.69) is 34.6 Å². The summed E-state index contributed by atoms with van der Waals surface area (Å²) in [4.78, 5) is 12.8. The molecule has 0 radical (unpaired) electrons. The predicted octanol–water partition coefficient (Wildman–Crippen LogP) is 6.97. The van der Waals surface area contributed by atoms with Crippen LogP contribution in [0.3, 0.4) is 0 Å². The quantitative estimate of drug-likeness (QED) is 0.272. The summed E-state index contributed by atoms with van der Waals surface area (Å²) in [6.07, 6.45) is 0. The average molecular weight is 511 g/mol. The SMILES string of the molecule is Cc1ccc(C(=O)NC(C)c2nnc(SCc3ccccc3C)n2-c2ccc(Cl)cc2Cl)cc1. The number of benzene rings is 3. The molecule has 0 aliphatic rings. The van der Waals surface area contributed by atoms with Gasteiger partial charge in [0.25, 0.3) is 5.91 Å². The number of amides is 1. The maximum absolute atomic E-state index is 12.8.